The number of rotatable bonds is 6. The minimum atomic E-state index is -0.354. The molecular formula is C29H36O2S2. The first-order valence-electron chi connectivity index (χ1n) is 11.7. The van der Waals surface area contributed by atoms with E-state index in [-0.39, 0.29) is 22.4 Å². The first kappa shape index (κ1) is 25.6. The van der Waals surface area contributed by atoms with Crippen LogP contribution < -0.4 is 0 Å². The second-order valence-corrected chi connectivity index (χ2v) is 13.5. The quantitative estimate of drug-likeness (QED) is 0.387. The fourth-order valence-corrected chi connectivity index (χ4v) is 5.84. The van der Waals surface area contributed by atoms with E-state index in [1.54, 1.807) is 34.8 Å². The highest BCUT2D eigenvalue weighted by atomic mass is 32.1. The van der Waals surface area contributed by atoms with E-state index in [1.807, 2.05) is 53.7 Å². The van der Waals surface area contributed by atoms with Gasteiger partial charge in [0, 0.05) is 30.3 Å². The Kier molecular flexibility index (Phi) is 7.50. The summed E-state index contributed by atoms with van der Waals surface area (Å²) in [4.78, 5) is 29.5. The van der Waals surface area contributed by atoms with Crippen molar-refractivity contribution in [2.45, 2.75) is 74.7 Å². The zero-order chi connectivity index (χ0) is 24.6. The van der Waals surface area contributed by atoms with Crippen molar-refractivity contribution in [3.63, 3.8) is 0 Å². The molecule has 0 bridgehead atoms. The molecule has 4 heteroatoms. The van der Waals surface area contributed by atoms with Gasteiger partial charge in [-0.1, -0.05) is 41.5 Å². The third-order valence-electron chi connectivity index (χ3n) is 6.02. The number of carbonyl (C=O) groups excluding carboxylic acids is 2. The van der Waals surface area contributed by atoms with Crippen molar-refractivity contribution in [2.24, 2.45) is 10.8 Å². The molecule has 176 valence electrons. The number of ketones is 2. The maximum absolute atomic E-state index is 12.3. The van der Waals surface area contributed by atoms with Crippen LogP contribution in [0.15, 0.2) is 24.3 Å². The van der Waals surface area contributed by atoms with E-state index < -0.39 is 0 Å². The van der Waals surface area contributed by atoms with Crippen molar-refractivity contribution >= 4 is 57.5 Å². The summed E-state index contributed by atoms with van der Waals surface area (Å²) in [5.41, 5.74) is 4.81. The van der Waals surface area contributed by atoms with Gasteiger partial charge in [0.2, 0.25) is 0 Å². The van der Waals surface area contributed by atoms with Crippen LogP contribution in [0.2, 0.25) is 0 Å². The Balaban J connectivity index is 1.92. The number of allylic oxidation sites excluding steroid dienone is 4. The van der Waals surface area contributed by atoms with E-state index in [9.17, 15) is 9.59 Å². The van der Waals surface area contributed by atoms with Crippen molar-refractivity contribution in [2.75, 3.05) is 0 Å². The lowest BCUT2D eigenvalue weighted by Gasteiger charge is -2.12. The summed E-state index contributed by atoms with van der Waals surface area (Å²) >= 11 is 3.51. The van der Waals surface area contributed by atoms with Gasteiger partial charge < -0.3 is 0 Å². The molecule has 0 spiro atoms. The number of thiophene rings is 2. The van der Waals surface area contributed by atoms with Crippen LogP contribution in [0.5, 0.6) is 0 Å². The number of carbonyl (C=O) groups is 2. The molecule has 0 fully saturated rings. The summed E-state index contributed by atoms with van der Waals surface area (Å²) < 4.78 is 0. The number of hydrogen-bond donors (Lipinski definition) is 0. The fraction of sp³-hybridized carbons (Fsp3) is 0.448. The Morgan fingerprint density at radius 3 is 1.42 bits per heavy atom. The SMILES string of the molecule is Cc1sc(/C=C/C(=O)C(C)(C)C)cc1C1=C(c2cc(/C=C/C(=O)C(C)(C)C)sc2C)CCC1. The zero-order valence-electron chi connectivity index (χ0n) is 21.2. The Morgan fingerprint density at radius 2 is 1.09 bits per heavy atom. The highest BCUT2D eigenvalue weighted by Gasteiger charge is 2.23. The molecule has 2 heterocycles. The molecule has 2 nitrogen and oxygen atoms in total. The molecule has 0 amide bonds. The minimum absolute atomic E-state index is 0.148. The van der Waals surface area contributed by atoms with Crippen LogP contribution in [0.25, 0.3) is 23.3 Å². The summed E-state index contributed by atoms with van der Waals surface area (Å²) in [6.45, 7) is 16.1. The summed E-state index contributed by atoms with van der Waals surface area (Å²) in [7, 11) is 0. The van der Waals surface area contributed by atoms with Crippen molar-refractivity contribution in [3.8, 4) is 0 Å². The van der Waals surface area contributed by atoms with Crippen molar-refractivity contribution in [1.29, 1.82) is 0 Å². The predicted octanol–water partition coefficient (Wildman–Crippen LogP) is 8.78. The largest absolute Gasteiger partial charge is 0.294 e. The molecule has 0 atom stereocenters. The molecule has 33 heavy (non-hydrogen) atoms. The first-order valence-corrected chi connectivity index (χ1v) is 13.3. The molecule has 0 saturated heterocycles. The average molecular weight is 481 g/mol. The molecule has 3 rings (SSSR count). The Bertz CT molecular complexity index is 1060. The monoisotopic (exact) mass is 480 g/mol. The van der Waals surface area contributed by atoms with E-state index in [2.05, 4.69) is 26.0 Å². The first-order chi connectivity index (χ1) is 15.3. The van der Waals surface area contributed by atoms with Crippen molar-refractivity contribution in [3.05, 3.63) is 54.9 Å². The lowest BCUT2D eigenvalue weighted by molar-refractivity contribution is -0.122. The topological polar surface area (TPSA) is 34.1 Å². The maximum atomic E-state index is 12.3. The molecule has 2 aromatic heterocycles. The van der Waals surface area contributed by atoms with Gasteiger partial charge in [0.15, 0.2) is 11.6 Å². The van der Waals surface area contributed by atoms with Gasteiger partial charge in [-0.05, 0) is 91.8 Å². The fourth-order valence-electron chi connectivity index (χ4n) is 3.93. The van der Waals surface area contributed by atoms with Gasteiger partial charge in [-0.3, -0.25) is 9.59 Å². The molecule has 0 unspecified atom stereocenters. The normalized spacial score (nSPS) is 15.4. The molecule has 0 N–H and O–H groups in total. The van der Waals surface area contributed by atoms with E-state index in [0.717, 1.165) is 29.0 Å². The average Bonchev–Trinajstić information content (AvgIpc) is 3.40. The van der Waals surface area contributed by atoms with E-state index in [1.165, 1.54) is 32.0 Å². The molecule has 0 radical (unpaired) electrons. The van der Waals surface area contributed by atoms with Crippen LogP contribution in [-0.2, 0) is 9.59 Å². The second-order valence-electron chi connectivity index (χ2n) is 10.9. The Labute approximate surface area is 207 Å². The van der Waals surface area contributed by atoms with Crippen molar-refractivity contribution in [1.82, 2.24) is 0 Å². The molecule has 0 saturated carbocycles. The van der Waals surface area contributed by atoms with Crippen LogP contribution in [-0.4, -0.2) is 11.6 Å². The summed E-state index contributed by atoms with van der Waals surface area (Å²) in [6.07, 6.45) is 10.7. The molecule has 1 aliphatic carbocycles. The Morgan fingerprint density at radius 1 is 0.727 bits per heavy atom. The zero-order valence-corrected chi connectivity index (χ0v) is 22.9. The molecule has 0 aliphatic heterocycles. The highest BCUT2D eigenvalue weighted by Crippen LogP contribution is 2.45. The highest BCUT2D eigenvalue weighted by molar-refractivity contribution is 7.13. The molecular weight excluding hydrogens is 444 g/mol. The number of hydrogen-bond acceptors (Lipinski definition) is 4. The lowest BCUT2D eigenvalue weighted by atomic mass is 9.90. The van der Waals surface area contributed by atoms with Crippen LogP contribution in [0.4, 0.5) is 0 Å². The minimum Gasteiger partial charge on any atom is -0.294 e. The van der Waals surface area contributed by atoms with Crippen molar-refractivity contribution < 1.29 is 9.59 Å². The van der Waals surface area contributed by atoms with Gasteiger partial charge >= 0.3 is 0 Å². The third-order valence-corrected chi connectivity index (χ3v) is 8.05. The third kappa shape index (κ3) is 6.10. The lowest BCUT2D eigenvalue weighted by Crippen LogP contribution is -2.17. The second kappa shape index (κ2) is 9.68. The van der Waals surface area contributed by atoms with Gasteiger partial charge in [0.1, 0.15) is 0 Å². The van der Waals surface area contributed by atoms with Crippen LogP contribution in [0.1, 0.15) is 91.4 Å². The standard InChI is InChI=1S/C29H36O2S2/c1-18-24(16-20(32-18)12-14-26(30)28(3,4)5)22-10-9-11-23(22)25-17-21(33-19(25)2)13-15-27(31)29(6,7)8/h12-17H,9-11H2,1-8H3/b14-12+,15-13+. The predicted molar refractivity (Wildman–Crippen MR) is 146 cm³/mol. The van der Waals surface area contributed by atoms with Crippen LogP contribution in [0, 0.1) is 24.7 Å². The van der Waals surface area contributed by atoms with Gasteiger partial charge in [-0.25, -0.2) is 0 Å². The molecule has 0 aromatic carbocycles. The van der Waals surface area contributed by atoms with Gasteiger partial charge in [-0.2, -0.15) is 0 Å². The van der Waals surface area contributed by atoms with Gasteiger partial charge in [0.05, 0.1) is 0 Å². The maximum Gasteiger partial charge on any atom is 0.161 e. The summed E-state index contributed by atoms with van der Waals surface area (Å²) in [6, 6.07) is 4.50. The van der Waals surface area contributed by atoms with Crippen LogP contribution in [0.3, 0.4) is 0 Å². The summed E-state index contributed by atoms with van der Waals surface area (Å²) in [5.74, 6) is 0.297. The molecule has 1 aliphatic rings. The van der Waals surface area contributed by atoms with E-state index in [0.29, 0.717) is 0 Å². The van der Waals surface area contributed by atoms with Crippen LogP contribution >= 0.6 is 22.7 Å². The molecule has 2 aromatic rings. The Hall–Kier alpha value is -2.04. The smallest absolute Gasteiger partial charge is 0.161 e. The van der Waals surface area contributed by atoms with E-state index in [4.69, 9.17) is 0 Å². The van der Waals surface area contributed by atoms with Gasteiger partial charge in [-0.15, -0.1) is 22.7 Å². The van der Waals surface area contributed by atoms with E-state index >= 15 is 0 Å². The summed E-state index contributed by atoms with van der Waals surface area (Å²) in [5, 5.41) is 0. The van der Waals surface area contributed by atoms with Gasteiger partial charge in [0.25, 0.3) is 0 Å². The number of aryl methyl sites for hydroxylation is 2.